The lowest BCUT2D eigenvalue weighted by Crippen LogP contribution is -2.41. The number of nitrogens with zero attached hydrogens (tertiary/aromatic N) is 2. The molecular formula is C31H37ClN2O4. The third kappa shape index (κ3) is 6.43. The van der Waals surface area contributed by atoms with Crippen molar-refractivity contribution in [1.29, 1.82) is 0 Å². The summed E-state index contributed by atoms with van der Waals surface area (Å²) in [6, 6.07) is 19.0. The molecule has 7 heteroatoms. The topological polar surface area (TPSA) is 51.2 Å². The second-order valence-corrected chi connectivity index (χ2v) is 10.4. The summed E-state index contributed by atoms with van der Waals surface area (Å²) in [6.45, 7) is 5.65. The van der Waals surface area contributed by atoms with E-state index in [2.05, 4.69) is 24.8 Å². The zero-order chi connectivity index (χ0) is 27.2. The van der Waals surface area contributed by atoms with Crippen molar-refractivity contribution in [1.82, 2.24) is 4.90 Å². The van der Waals surface area contributed by atoms with Gasteiger partial charge < -0.3 is 24.0 Å². The monoisotopic (exact) mass is 536 g/mol. The number of carbonyl (C=O) groups is 1. The van der Waals surface area contributed by atoms with Gasteiger partial charge in [-0.3, -0.25) is 4.79 Å². The van der Waals surface area contributed by atoms with E-state index in [1.54, 1.807) is 7.11 Å². The number of benzene rings is 3. The van der Waals surface area contributed by atoms with Gasteiger partial charge in [0.25, 0.3) is 0 Å². The minimum atomic E-state index is -0.348. The number of amides is 1. The Morgan fingerprint density at radius 3 is 2.39 bits per heavy atom. The number of ether oxygens (including phenoxy) is 3. The molecule has 2 unspecified atom stereocenters. The molecule has 6 nitrogen and oxygen atoms in total. The van der Waals surface area contributed by atoms with Crippen molar-refractivity contribution in [3.05, 3.63) is 82.4 Å². The van der Waals surface area contributed by atoms with Crippen molar-refractivity contribution in [2.75, 3.05) is 39.3 Å². The number of halogens is 1. The first kappa shape index (κ1) is 27.8. The first-order valence-electron chi connectivity index (χ1n) is 13.1. The SMILES string of the molecule is CCC(C)Oc1cc2c(cc1OCCCN(C)C)CC(=O)N(c1ccc(OC)cc1)C2c1ccc(Cl)cc1. The third-order valence-electron chi connectivity index (χ3n) is 6.82. The number of rotatable bonds is 11. The Bertz CT molecular complexity index is 1230. The minimum Gasteiger partial charge on any atom is -0.497 e. The first-order chi connectivity index (χ1) is 18.3. The van der Waals surface area contributed by atoms with E-state index in [4.69, 9.17) is 25.8 Å². The summed E-state index contributed by atoms with van der Waals surface area (Å²) in [7, 11) is 5.73. The molecular weight excluding hydrogens is 500 g/mol. The zero-order valence-corrected chi connectivity index (χ0v) is 23.6. The van der Waals surface area contributed by atoms with Crippen molar-refractivity contribution in [2.45, 2.75) is 45.3 Å². The van der Waals surface area contributed by atoms with E-state index < -0.39 is 0 Å². The van der Waals surface area contributed by atoms with E-state index in [9.17, 15) is 4.79 Å². The van der Waals surface area contributed by atoms with Gasteiger partial charge >= 0.3 is 0 Å². The van der Waals surface area contributed by atoms with Crippen LogP contribution in [0, 0.1) is 0 Å². The molecule has 1 amide bonds. The molecule has 2 atom stereocenters. The fraction of sp³-hybridized carbons (Fsp3) is 0.387. The van der Waals surface area contributed by atoms with E-state index >= 15 is 0 Å². The van der Waals surface area contributed by atoms with E-state index in [1.165, 1.54) is 0 Å². The van der Waals surface area contributed by atoms with Crippen molar-refractivity contribution < 1.29 is 19.0 Å². The van der Waals surface area contributed by atoms with Gasteiger partial charge in [0.05, 0.1) is 32.3 Å². The standard InChI is InChI=1S/C31H37ClN2O4/c1-6-21(2)38-29-20-27-23(18-28(29)37-17-7-16-33(3)4)19-30(35)34(25-12-14-26(36-5)15-13-25)31(27)22-8-10-24(32)11-9-22/h8-15,18,20-21,31H,6-7,16-17,19H2,1-5H3. The molecule has 0 spiro atoms. The summed E-state index contributed by atoms with van der Waals surface area (Å²) in [5.41, 5.74) is 3.73. The molecule has 0 aliphatic carbocycles. The molecule has 1 aliphatic rings. The molecule has 202 valence electrons. The summed E-state index contributed by atoms with van der Waals surface area (Å²) in [5.74, 6) is 2.13. The summed E-state index contributed by atoms with van der Waals surface area (Å²) in [4.78, 5) is 17.7. The Morgan fingerprint density at radius 2 is 1.76 bits per heavy atom. The third-order valence-corrected chi connectivity index (χ3v) is 7.07. The maximum Gasteiger partial charge on any atom is 0.232 e. The molecule has 0 saturated carbocycles. The van der Waals surface area contributed by atoms with E-state index in [1.807, 2.05) is 73.6 Å². The van der Waals surface area contributed by atoms with Gasteiger partial charge in [0.15, 0.2) is 11.5 Å². The van der Waals surface area contributed by atoms with E-state index in [0.717, 1.165) is 47.5 Å². The molecule has 0 aromatic heterocycles. The molecule has 0 N–H and O–H groups in total. The molecule has 1 heterocycles. The van der Waals surface area contributed by atoms with Crippen LogP contribution in [0.4, 0.5) is 5.69 Å². The summed E-state index contributed by atoms with van der Waals surface area (Å²) < 4.78 is 17.9. The smallest absolute Gasteiger partial charge is 0.232 e. The Labute approximate surface area is 231 Å². The highest BCUT2D eigenvalue weighted by Crippen LogP contribution is 2.44. The fourth-order valence-corrected chi connectivity index (χ4v) is 4.76. The Balaban J connectivity index is 1.80. The van der Waals surface area contributed by atoms with Crippen LogP contribution in [0.25, 0.3) is 0 Å². The quantitative estimate of drug-likeness (QED) is 0.261. The first-order valence-corrected chi connectivity index (χ1v) is 13.5. The summed E-state index contributed by atoms with van der Waals surface area (Å²) in [6.07, 6.45) is 2.05. The van der Waals surface area contributed by atoms with Crippen LogP contribution in [0.1, 0.15) is 49.4 Å². The van der Waals surface area contributed by atoms with Crippen LogP contribution in [0.2, 0.25) is 5.02 Å². The highest BCUT2D eigenvalue weighted by molar-refractivity contribution is 6.30. The second-order valence-electron chi connectivity index (χ2n) is 9.93. The van der Waals surface area contributed by atoms with Crippen LogP contribution in [0.5, 0.6) is 17.2 Å². The maximum absolute atomic E-state index is 13.7. The number of carbonyl (C=O) groups excluding carboxylic acids is 1. The van der Waals surface area contributed by atoms with Gasteiger partial charge in [-0.2, -0.15) is 0 Å². The number of methoxy groups -OCH3 is 1. The molecule has 0 radical (unpaired) electrons. The van der Waals surface area contributed by atoms with Crippen LogP contribution < -0.4 is 19.1 Å². The van der Waals surface area contributed by atoms with Crippen molar-refractivity contribution in [3.8, 4) is 17.2 Å². The van der Waals surface area contributed by atoms with E-state index in [0.29, 0.717) is 23.1 Å². The van der Waals surface area contributed by atoms with Crippen LogP contribution >= 0.6 is 11.6 Å². The summed E-state index contributed by atoms with van der Waals surface area (Å²) >= 11 is 6.23. The normalized spacial score (nSPS) is 15.8. The molecule has 38 heavy (non-hydrogen) atoms. The van der Waals surface area contributed by atoms with Gasteiger partial charge in [0.1, 0.15) is 5.75 Å². The van der Waals surface area contributed by atoms with Gasteiger partial charge in [0.2, 0.25) is 5.91 Å². The highest BCUT2D eigenvalue weighted by Gasteiger charge is 2.36. The van der Waals surface area contributed by atoms with Crippen LogP contribution in [-0.2, 0) is 11.2 Å². The number of fused-ring (bicyclic) bond motifs is 1. The lowest BCUT2D eigenvalue weighted by molar-refractivity contribution is -0.118. The van der Waals surface area contributed by atoms with Crippen molar-refractivity contribution >= 4 is 23.2 Å². The lowest BCUT2D eigenvalue weighted by atomic mass is 9.86. The highest BCUT2D eigenvalue weighted by atomic mass is 35.5. The largest absolute Gasteiger partial charge is 0.497 e. The van der Waals surface area contributed by atoms with E-state index in [-0.39, 0.29) is 24.5 Å². The predicted molar refractivity (Wildman–Crippen MR) is 153 cm³/mol. The van der Waals surface area contributed by atoms with Crippen LogP contribution in [0.3, 0.4) is 0 Å². The van der Waals surface area contributed by atoms with Gasteiger partial charge in [-0.25, -0.2) is 0 Å². The van der Waals surface area contributed by atoms with Crippen molar-refractivity contribution in [2.24, 2.45) is 0 Å². The minimum absolute atomic E-state index is 0.0109. The molecule has 3 aromatic carbocycles. The molecule has 4 rings (SSSR count). The fourth-order valence-electron chi connectivity index (χ4n) is 4.63. The molecule has 0 fully saturated rings. The Kier molecular flexibility index (Phi) is 9.18. The average molecular weight is 537 g/mol. The molecule has 1 aliphatic heterocycles. The Morgan fingerprint density at radius 1 is 1.05 bits per heavy atom. The van der Waals surface area contributed by atoms with Crippen LogP contribution in [-0.4, -0.2) is 51.3 Å². The van der Waals surface area contributed by atoms with Gasteiger partial charge in [-0.15, -0.1) is 0 Å². The predicted octanol–water partition coefficient (Wildman–Crippen LogP) is 6.54. The lowest BCUT2D eigenvalue weighted by Gasteiger charge is -2.38. The number of hydrogen-bond donors (Lipinski definition) is 0. The molecule has 0 bridgehead atoms. The number of anilines is 1. The molecule has 3 aromatic rings. The van der Waals surface area contributed by atoms with Gasteiger partial charge in [-0.05, 0) is 99.1 Å². The van der Waals surface area contributed by atoms with Crippen LogP contribution in [0.15, 0.2) is 60.7 Å². The number of hydrogen-bond acceptors (Lipinski definition) is 5. The van der Waals surface area contributed by atoms with Gasteiger partial charge in [-0.1, -0.05) is 30.7 Å². The summed E-state index contributed by atoms with van der Waals surface area (Å²) in [5, 5.41) is 0.648. The Hall–Kier alpha value is -3.22. The maximum atomic E-state index is 13.7. The second kappa shape index (κ2) is 12.5. The van der Waals surface area contributed by atoms with Crippen molar-refractivity contribution in [3.63, 3.8) is 0 Å². The molecule has 0 saturated heterocycles. The van der Waals surface area contributed by atoms with Gasteiger partial charge in [0, 0.05) is 17.3 Å². The average Bonchev–Trinajstić information content (AvgIpc) is 2.91. The zero-order valence-electron chi connectivity index (χ0n) is 22.9.